The molecule has 116 valence electrons. The molecular formula is C16H24N2O3. The molecule has 21 heavy (non-hydrogen) atoms. The van der Waals surface area contributed by atoms with E-state index >= 15 is 0 Å². The van der Waals surface area contributed by atoms with Gasteiger partial charge in [-0.1, -0.05) is 6.07 Å². The molecule has 1 fully saturated rings. The number of pyridine rings is 1. The topological polar surface area (TPSA) is 60.5 Å². The molecule has 1 aliphatic rings. The van der Waals surface area contributed by atoms with Crippen molar-refractivity contribution in [3.63, 3.8) is 0 Å². The lowest BCUT2D eigenvalue weighted by Gasteiger charge is -2.34. The maximum atomic E-state index is 12.3. The highest BCUT2D eigenvalue weighted by Crippen LogP contribution is 2.28. The van der Waals surface area contributed by atoms with Crippen LogP contribution in [0.3, 0.4) is 0 Å². The van der Waals surface area contributed by atoms with Crippen molar-refractivity contribution >= 4 is 5.91 Å². The van der Waals surface area contributed by atoms with Crippen LogP contribution in [0.2, 0.25) is 0 Å². The van der Waals surface area contributed by atoms with Crippen LogP contribution in [-0.4, -0.2) is 29.7 Å². The van der Waals surface area contributed by atoms with Crippen LogP contribution in [0.5, 0.6) is 5.88 Å². The van der Waals surface area contributed by atoms with Crippen LogP contribution >= 0.6 is 0 Å². The van der Waals surface area contributed by atoms with Gasteiger partial charge in [-0.25, -0.2) is 4.98 Å². The third kappa shape index (κ3) is 4.43. The molecule has 5 heteroatoms. The molecule has 1 amide bonds. The summed E-state index contributed by atoms with van der Waals surface area (Å²) in [7, 11) is 0. The number of hydrogen-bond acceptors (Lipinski definition) is 4. The summed E-state index contributed by atoms with van der Waals surface area (Å²) in [5.41, 5.74) is 0.685. The van der Waals surface area contributed by atoms with Gasteiger partial charge in [-0.3, -0.25) is 4.79 Å². The first-order valence-corrected chi connectivity index (χ1v) is 7.50. The normalized spacial score (nSPS) is 20.8. The molecule has 2 heterocycles. The van der Waals surface area contributed by atoms with Gasteiger partial charge >= 0.3 is 0 Å². The molecule has 0 bridgehead atoms. The predicted octanol–water partition coefficient (Wildman–Crippen LogP) is 2.30. The number of ether oxygens (including phenoxy) is 2. The summed E-state index contributed by atoms with van der Waals surface area (Å²) in [4.78, 5) is 16.5. The molecule has 1 atom stereocenters. The molecule has 1 saturated heterocycles. The van der Waals surface area contributed by atoms with E-state index in [4.69, 9.17) is 9.47 Å². The quantitative estimate of drug-likeness (QED) is 0.904. The minimum atomic E-state index is -0.217. The van der Waals surface area contributed by atoms with Crippen molar-refractivity contribution in [2.45, 2.75) is 45.8 Å². The standard InChI is InChI=1S/C16H24N2O3/c1-4-20-15-13(6-5-8-17-15)11-18-14(19)12-7-9-21-16(2,3)10-12/h5-6,8,12H,4,7,9-11H2,1-3H3,(H,18,19). The zero-order chi connectivity index (χ0) is 15.3. The number of rotatable bonds is 5. The molecule has 1 unspecified atom stereocenters. The Hall–Kier alpha value is -1.62. The summed E-state index contributed by atoms with van der Waals surface area (Å²) in [6.07, 6.45) is 3.22. The lowest BCUT2D eigenvalue weighted by Crippen LogP contribution is -2.41. The van der Waals surface area contributed by atoms with Crippen molar-refractivity contribution in [3.8, 4) is 5.88 Å². The predicted molar refractivity (Wildman–Crippen MR) is 80.0 cm³/mol. The van der Waals surface area contributed by atoms with E-state index < -0.39 is 0 Å². The largest absolute Gasteiger partial charge is 0.478 e. The highest BCUT2D eigenvalue weighted by atomic mass is 16.5. The lowest BCUT2D eigenvalue weighted by molar-refractivity contribution is -0.135. The van der Waals surface area contributed by atoms with Crippen molar-refractivity contribution in [3.05, 3.63) is 23.9 Å². The van der Waals surface area contributed by atoms with E-state index in [1.165, 1.54) is 0 Å². The van der Waals surface area contributed by atoms with Gasteiger partial charge in [0, 0.05) is 30.8 Å². The fraction of sp³-hybridized carbons (Fsp3) is 0.625. The van der Waals surface area contributed by atoms with Gasteiger partial charge in [0.25, 0.3) is 0 Å². The zero-order valence-corrected chi connectivity index (χ0v) is 13.0. The van der Waals surface area contributed by atoms with Crippen LogP contribution in [0, 0.1) is 5.92 Å². The maximum Gasteiger partial charge on any atom is 0.223 e. The van der Waals surface area contributed by atoms with Crippen LogP contribution in [0.15, 0.2) is 18.3 Å². The second kappa shape index (κ2) is 6.89. The molecular weight excluding hydrogens is 268 g/mol. The highest BCUT2D eigenvalue weighted by Gasteiger charge is 2.32. The summed E-state index contributed by atoms with van der Waals surface area (Å²) in [5.74, 6) is 0.686. The minimum absolute atomic E-state index is 0.0148. The summed E-state index contributed by atoms with van der Waals surface area (Å²) in [5, 5.41) is 2.99. The summed E-state index contributed by atoms with van der Waals surface area (Å²) in [6, 6.07) is 3.77. The Balaban J connectivity index is 1.92. The number of nitrogens with one attached hydrogen (secondary N) is 1. The fourth-order valence-electron chi connectivity index (χ4n) is 2.61. The Morgan fingerprint density at radius 3 is 3.10 bits per heavy atom. The van der Waals surface area contributed by atoms with E-state index in [0.717, 1.165) is 18.4 Å². The Bertz CT molecular complexity index is 488. The smallest absolute Gasteiger partial charge is 0.223 e. The van der Waals surface area contributed by atoms with Crippen molar-refractivity contribution in [2.75, 3.05) is 13.2 Å². The van der Waals surface area contributed by atoms with Gasteiger partial charge in [-0.05, 0) is 39.7 Å². The average molecular weight is 292 g/mol. The van der Waals surface area contributed by atoms with Crippen molar-refractivity contribution in [2.24, 2.45) is 5.92 Å². The van der Waals surface area contributed by atoms with E-state index in [1.807, 2.05) is 32.9 Å². The first-order chi connectivity index (χ1) is 10.0. The van der Waals surface area contributed by atoms with Gasteiger partial charge in [-0.15, -0.1) is 0 Å². The zero-order valence-electron chi connectivity index (χ0n) is 13.0. The molecule has 5 nitrogen and oxygen atoms in total. The highest BCUT2D eigenvalue weighted by molar-refractivity contribution is 5.78. The SMILES string of the molecule is CCOc1ncccc1CNC(=O)C1CCOC(C)(C)C1. The molecule has 0 spiro atoms. The van der Waals surface area contributed by atoms with Crippen LogP contribution in [0.4, 0.5) is 0 Å². The van der Waals surface area contributed by atoms with Gasteiger partial charge in [0.15, 0.2) is 0 Å². The molecule has 1 aromatic rings. The first kappa shape index (κ1) is 15.8. The number of hydrogen-bond donors (Lipinski definition) is 1. The lowest BCUT2D eigenvalue weighted by atomic mass is 9.88. The van der Waals surface area contributed by atoms with E-state index in [9.17, 15) is 4.79 Å². The van der Waals surface area contributed by atoms with Crippen LogP contribution in [-0.2, 0) is 16.1 Å². The van der Waals surface area contributed by atoms with Crippen molar-refractivity contribution < 1.29 is 14.3 Å². The number of amides is 1. The molecule has 1 aromatic heterocycles. The molecule has 1 aliphatic heterocycles. The average Bonchev–Trinajstić information content (AvgIpc) is 2.45. The van der Waals surface area contributed by atoms with Gasteiger partial charge in [0.05, 0.1) is 12.2 Å². The van der Waals surface area contributed by atoms with E-state index in [1.54, 1.807) is 6.20 Å². The van der Waals surface area contributed by atoms with Crippen molar-refractivity contribution in [1.82, 2.24) is 10.3 Å². The summed E-state index contributed by atoms with van der Waals surface area (Å²) >= 11 is 0. The molecule has 0 saturated carbocycles. The Kier molecular flexibility index (Phi) is 5.17. The molecule has 0 radical (unpaired) electrons. The maximum absolute atomic E-state index is 12.3. The molecule has 0 aromatic carbocycles. The van der Waals surface area contributed by atoms with E-state index in [2.05, 4.69) is 10.3 Å². The number of carbonyl (C=O) groups is 1. The Morgan fingerprint density at radius 1 is 1.57 bits per heavy atom. The van der Waals surface area contributed by atoms with Crippen molar-refractivity contribution in [1.29, 1.82) is 0 Å². The Labute approximate surface area is 126 Å². The second-order valence-corrected chi connectivity index (χ2v) is 5.92. The van der Waals surface area contributed by atoms with E-state index in [-0.39, 0.29) is 17.4 Å². The number of nitrogens with zero attached hydrogens (tertiary/aromatic N) is 1. The number of carbonyl (C=O) groups excluding carboxylic acids is 1. The van der Waals surface area contributed by atoms with E-state index in [0.29, 0.717) is 25.6 Å². The van der Waals surface area contributed by atoms with Crippen LogP contribution in [0.25, 0.3) is 0 Å². The first-order valence-electron chi connectivity index (χ1n) is 7.50. The second-order valence-electron chi connectivity index (χ2n) is 5.92. The van der Waals surface area contributed by atoms with Crippen LogP contribution in [0.1, 0.15) is 39.2 Å². The molecule has 0 aliphatic carbocycles. The summed E-state index contributed by atoms with van der Waals surface area (Å²) in [6.45, 7) is 7.62. The third-order valence-corrected chi connectivity index (χ3v) is 3.65. The van der Waals surface area contributed by atoms with Crippen LogP contribution < -0.4 is 10.1 Å². The molecule has 1 N–H and O–H groups in total. The van der Waals surface area contributed by atoms with Gasteiger partial charge in [0.1, 0.15) is 0 Å². The van der Waals surface area contributed by atoms with Gasteiger partial charge in [0.2, 0.25) is 11.8 Å². The van der Waals surface area contributed by atoms with Gasteiger partial charge < -0.3 is 14.8 Å². The summed E-state index contributed by atoms with van der Waals surface area (Å²) < 4.78 is 11.1. The monoisotopic (exact) mass is 292 g/mol. The Morgan fingerprint density at radius 2 is 2.38 bits per heavy atom. The molecule has 2 rings (SSSR count). The minimum Gasteiger partial charge on any atom is -0.478 e. The number of aromatic nitrogens is 1. The van der Waals surface area contributed by atoms with Gasteiger partial charge in [-0.2, -0.15) is 0 Å². The fourth-order valence-corrected chi connectivity index (χ4v) is 2.61. The third-order valence-electron chi connectivity index (χ3n) is 3.65.